The molecule has 0 spiro atoms. The fourth-order valence-corrected chi connectivity index (χ4v) is 4.56. The lowest BCUT2D eigenvalue weighted by Crippen LogP contribution is -2.51. The number of H-pyrrole nitrogens is 1. The molecule has 1 fully saturated rings. The van der Waals surface area contributed by atoms with Crippen molar-refractivity contribution in [3.05, 3.63) is 11.4 Å². The van der Waals surface area contributed by atoms with E-state index in [2.05, 4.69) is 10.2 Å². The minimum absolute atomic E-state index is 0.0786. The first kappa shape index (κ1) is 14.5. The van der Waals surface area contributed by atoms with E-state index in [0.717, 1.165) is 6.42 Å². The van der Waals surface area contributed by atoms with Gasteiger partial charge in [0.05, 0.1) is 24.1 Å². The van der Waals surface area contributed by atoms with Gasteiger partial charge in [0.1, 0.15) is 4.90 Å². The van der Waals surface area contributed by atoms with Crippen LogP contribution in [0.1, 0.15) is 31.7 Å². The lowest BCUT2D eigenvalue weighted by Gasteiger charge is -2.37. The average Bonchev–Trinajstić information content (AvgIpc) is 2.69. The summed E-state index contributed by atoms with van der Waals surface area (Å²) in [6, 6.07) is -0.102. The Morgan fingerprint density at radius 1 is 1.47 bits per heavy atom. The highest BCUT2D eigenvalue weighted by molar-refractivity contribution is 7.89. The average molecular weight is 287 g/mol. The van der Waals surface area contributed by atoms with Crippen molar-refractivity contribution < 1.29 is 13.2 Å². The molecule has 0 saturated carbocycles. The molecular formula is C12H21N3O3S. The summed E-state index contributed by atoms with van der Waals surface area (Å²) in [6.07, 6.45) is 0.659. The molecule has 0 aromatic carbocycles. The molecular weight excluding hydrogens is 266 g/mol. The van der Waals surface area contributed by atoms with Gasteiger partial charge in [0.25, 0.3) is 0 Å². The Morgan fingerprint density at radius 3 is 2.68 bits per heavy atom. The van der Waals surface area contributed by atoms with Gasteiger partial charge in [-0.25, -0.2) is 8.42 Å². The van der Waals surface area contributed by atoms with Crippen LogP contribution in [0.25, 0.3) is 0 Å². The molecule has 2 rings (SSSR count). The van der Waals surface area contributed by atoms with E-state index < -0.39 is 10.0 Å². The number of nitrogens with one attached hydrogen (secondary N) is 1. The first-order valence-electron chi connectivity index (χ1n) is 6.53. The first-order chi connectivity index (χ1) is 8.87. The molecule has 1 aromatic heterocycles. The largest absolute Gasteiger partial charge is 0.375 e. The summed E-state index contributed by atoms with van der Waals surface area (Å²) in [5, 5.41) is 6.72. The standard InChI is InChI=1S/C12H21N3O3S/c1-5-11-7-18-8(2)6-15(11)19(16,17)12-9(3)13-14-10(12)4/h8,11H,5-7H2,1-4H3,(H,13,14). The number of hydrogen-bond acceptors (Lipinski definition) is 4. The van der Waals surface area contributed by atoms with Gasteiger partial charge in [-0.3, -0.25) is 5.10 Å². The van der Waals surface area contributed by atoms with Crippen LogP contribution in [0.3, 0.4) is 0 Å². The summed E-state index contributed by atoms with van der Waals surface area (Å²) in [6.45, 7) is 8.15. The van der Waals surface area contributed by atoms with Crippen LogP contribution >= 0.6 is 0 Å². The van der Waals surface area contributed by atoms with Gasteiger partial charge in [-0.1, -0.05) is 6.92 Å². The van der Waals surface area contributed by atoms with Crippen LogP contribution in [0, 0.1) is 13.8 Å². The number of rotatable bonds is 3. The Kier molecular flexibility index (Phi) is 3.98. The van der Waals surface area contributed by atoms with Crippen LogP contribution in [0.2, 0.25) is 0 Å². The molecule has 2 atom stereocenters. The zero-order valence-electron chi connectivity index (χ0n) is 11.8. The minimum atomic E-state index is -3.51. The normalized spacial score (nSPS) is 25.7. The molecule has 7 heteroatoms. The van der Waals surface area contributed by atoms with Crippen molar-refractivity contribution in [1.82, 2.24) is 14.5 Å². The van der Waals surface area contributed by atoms with Crippen molar-refractivity contribution in [3.8, 4) is 0 Å². The third-order valence-electron chi connectivity index (χ3n) is 3.52. The van der Waals surface area contributed by atoms with E-state index in [1.807, 2.05) is 13.8 Å². The first-order valence-corrected chi connectivity index (χ1v) is 7.97. The summed E-state index contributed by atoms with van der Waals surface area (Å²) >= 11 is 0. The van der Waals surface area contributed by atoms with Crippen LogP contribution in [-0.4, -0.2) is 48.2 Å². The maximum absolute atomic E-state index is 12.8. The number of nitrogens with zero attached hydrogens (tertiary/aromatic N) is 2. The molecule has 1 aliphatic rings. The molecule has 2 heterocycles. The molecule has 19 heavy (non-hydrogen) atoms. The lowest BCUT2D eigenvalue weighted by atomic mass is 10.2. The Morgan fingerprint density at radius 2 is 2.16 bits per heavy atom. The zero-order valence-corrected chi connectivity index (χ0v) is 12.6. The molecule has 108 valence electrons. The topological polar surface area (TPSA) is 75.3 Å². The SMILES string of the molecule is CCC1COC(C)CN1S(=O)(=O)c1c(C)n[nH]c1C. The van der Waals surface area contributed by atoms with Crippen molar-refractivity contribution in [2.45, 2.75) is 51.2 Å². The van der Waals surface area contributed by atoms with Crippen molar-refractivity contribution >= 4 is 10.0 Å². The third-order valence-corrected chi connectivity index (χ3v) is 5.70. The van der Waals surface area contributed by atoms with Crippen LogP contribution < -0.4 is 0 Å². The van der Waals surface area contributed by atoms with Crippen molar-refractivity contribution in [2.24, 2.45) is 0 Å². The van der Waals surface area contributed by atoms with Gasteiger partial charge in [-0.15, -0.1) is 0 Å². The Bertz CT molecular complexity index is 533. The Hall–Kier alpha value is -0.920. The van der Waals surface area contributed by atoms with Crippen LogP contribution in [0.15, 0.2) is 4.90 Å². The number of morpholine rings is 1. The van der Waals surface area contributed by atoms with Gasteiger partial charge in [0, 0.05) is 12.6 Å². The molecule has 6 nitrogen and oxygen atoms in total. The maximum atomic E-state index is 12.8. The molecule has 2 unspecified atom stereocenters. The van der Waals surface area contributed by atoms with Crippen LogP contribution in [-0.2, 0) is 14.8 Å². The summed E-state index contributed by atoms with van der Waals surface area (Å²) in [4.78, 5) is 0.306. The second kappa shape index (κ2) is 5.22. The highest BCUT2D eigenvalue weighted by Crippen LogP contribution is 2.27. The summed E-state index contributed by atoms with van der Waals surface area (Å²) in [5.41, 5.74) is 1.11. The van der Waals surface area contributed by atoms with E-state index in [1.165, 1.54) is 0 Å². The fourth-order valence-electron chi connectivity index (χ4n) is 2.47. The van der Waals surface area contributed by atoms with Gasteiger partial charge in [-0.05, 0) is 27.2 Å². The van der Waals surface area contributed by atoms with Gasteiger partial charge in [-0.2, -0.15) is 9.40 Å². The summed E-state index contributed by atoms with van der Waals surface area (Å²) in [5.74, 6) is 0. The van der Waals surface area contributed by atoms with E-state index >= 15 is 0 Å². The predicted octanol–water partition coefficient (Wildman–Crippen LogP) is 1.21. The number of aromatic nitrogens is 2. The molecule has 1 aromatic rings. The third kappa shape index (κ3) is 2.54. The molecule has 0 bridgehead atoms. The number of aromatic amines is 1. The van der Waals surface area contributed by atoms with Gasteiger partial charge < -0.3 is 4.74 Å². The molecule has 0 aliphatic carbocycles. The van der Waals surface area contributed by atoms with Crippen LogP contribution in [0.4, 0.5) is 0 Å². The van der Waals surface area contributed by atoms with Gasteiger partial charge >= 0.3 is 0 Å². The predicted molar refractivity (Wildman–Crippen MR) is 71.4 cm³/mol. The lowest BCUT2D eigenvalue weighted by molar-refractivity contribution is -0.0230. The number of sulfonamides is 1. The van der Waals surface area contributed by atoms with E-state index in [4.69, 9.17) is 4.74 Å². The van der Waals surface area contributed by atoms with Crippen molar-refractivity contribution in [2.75, 3.05) is 13.2 Å². The second-order valence-electron chi connectivity index (χ2n) is 5.04. The van der Waals surface area contributed by atoms with Gasteiger partial charge in [0.15, 0.2) is 0 Å². The molecule has 1 aliphatic heterocycles. The van der Waals surface area contributed by atoms with E-state index in [-0.39, 0.29) is 12.1 Å². The number of aryl methyl sites for hydroxylation is 2. The quantitative estimate of drug-likeness (QED) is 0.907. The molecule has 1 N–H and O–H groups in total. The highest BCUT2D eigenvalue weighted by Gasteiger charge is 2.37. The highest BCUT2D eigenvalue weighted by atomic mass is 32.2. The number of hydrogen-bond donors (Lipinski definition) is 1. The van der Waals surface area contributed by atoms with E-state index in [0.29, 0.717) is 29.4 Å². The van der Waals surface area contributed by atoms with Crippen molar-refractivity contribution in [1.29, 1.82) is 0 Å². The fraction of sp³-hybridized carbons (Fsp3) is 0.750. The molecule has 0 radical (unpaired) electrons. The smallest absolute Gasteiger partial charge is 0.247 e. The van der Waals surface area contributed by atoms with E-state index in [1.54, 1.807) is 18.2 Å². The second-order valence-corrected chi connectivity index (χ2v) is 6.87. The monoisotopic (exact) mass is 287 g/mol. The van der Waals surface area contributed by atoms with E-state index in [9.17, 15) is 8.42 Å². The number of ether oxygens (including phenoxy) is 1. The molecule has 1 saturated heterocycles. The summed E-state index contributed by atoms with van der Waals surface area (Å²) < 4.78 is 32.7. The van der Waals surface area contributed by atoms with Gasteiger partial charge in [0.2, 0.25) is 10.0 Å². The zero-order chi connectivity index (χ0) is 14.2. The Balaban J connectivity index is 2.43. The minimum Gasteiger partial charge on any atom is -0.375 e. The molecule has 0 amide bonds. The summed E-state index contributed by atoms with van der Waals surface area (Å²) in [7, 11) is -3.51. The van der Waals surface area contributed by atoms with Crippen LogP contribution in [0.5, 0.6) is 0 Å². The Labute approximate surface area is 114 Å². The van der Waals surface area contributed by atoms with Crippen molar-refractivity contribution in [3.63, 3.8) is 0 Å². The maximum Gasteiger partial charge on any atom is 0.247 e.